The molecule has 1 aliphatic heterocycles. The average Bonchev–Trinajstić information content (AvgIpc) is 3.47. The van der Waals surface area contributed by atoms with Crippen LogP contribution in [0.25, 0.3) is 16.8 Å². The predicted molar refractivity (Wildman–Crippen MR) is 108 cm³/mol. The molecule has 0 spiro atoms. The van der Waals surface area contributed by atoms with Crippen molar-refractivity contribution in [3.8, 4) is 0 Å². The molecule has 9 nitrogen and oxygen atoms in total. The van der Waals surface area contributed by atoms with Crippen LogP contribution in [0.3, 0.4) is 0 Å². The van der Waals surface area contributed by atoms with Gasteiger partial charge in [0.1, 0.15) is 5.82 Å². The lowest BCUT2D eigenvalue weighted by atomic mass is 9.57. The van der Waals surface area contributed by atoms with Gasteiger partial charge in [-0.05, 0) is 57.4 Å². The van der Waals surface area contributed by atoms with E-state index in [-0.39, 0.29) is 11.0 Å². The lowest BCUT2D eigenvalue weighted by molar-refractivity contribution is 0.0870. The molecule has 0 unspecified atom stereocenters. The van der Waals surface area contributed by atoms with Gasteiger partial charge >= 0.3 is 0 Å². The first-order chi connectivity index (χ1) is 14.0. The molecule has 29 heavy (non-hydrogen) atoms. The van der Waals surface area contributed by atoms with E-state index >= 15 is 0 Å². The number of fused-ring (bicyclic) bond motifs is 6. The van der Waals surface area contributed by atoms with Crippen molar-refractivity contribution in [2.75, 3.05) is 13.1 Å². The minimum Gasteiger partial charge on any atom is -0.345 e. The van der Waals surface area contributed by atoms with Gasteiger partial charge in [-0.2, -0.15) is 17.4 Å². The fourth-order valence-electron chi connectivity index (χ4n) is 5.66. The molecule has 3 aromatic heterocycles. The largest absolute Gasteiger partial charge is 0.345 e. The fourth-order valence-corrected chi connectivity index (χ4v) is 7.38. The van der Waals surface area contributed by atoms with Crippen LogP contribution in [-0.2, 0) is 15.6 Å². The molecule has 1 saturated heterocycles. The van der Waals surface area contributed by atoms with E-state index in [4.69, 9.17) is 0 Å². The number of nitrogens with one attached hydrogen (secondary N) is 2. The summed E-state index contributed by atoms with van der Waals surface area (Å²) < 4.78 is 32.6. The van der Waals surface area contributed by atoms with Gasteiger partial charge in [-0.1, -0.05) is 0 Å². The average molecular weight is 416 g/mol. The first-order valence-electron chi connectivity index (χ1n) is 10.5. The topological polar surface area (TPSA) is 108 Å². The van der Waals surface area contributed by atoms with E-state index in [2.05, 4.69) is 29.3 Å². The summed E-state index contributed by atoms with van der Waals surface area (Å²) in [7, 11) is -3.40. The second-order valence-electron chi connectivity index (χ2n) is 8.96. The molecular formula is C19H25N7O2S. The Hall–Kier alpha value is -2.04. The van der Waals surface area contributed by atoms with Crippen LogP contribution in [0.5, 0.6) is 0 Å². The smallest absolute Gasteiger partial charge is 0.279 e. The van der Waals surface area contributed by atoms with E-state index in [1.165, 1.54) is 0 Å². The van der Waals surface area contributed by atoms with Crippen molar-refractivity contribution >= 4 is 27.0 Å². The molecule has 2 bridgehead atoms. The Labute approximate surface area is 169 Å². The summed E-state index contributed by atoms with van der Waals surface area (Å²) in [6.45, 7) is 1.28. The SMILES string of the molecule is O=S(=O)(NC12CCC(c3nnc4cnc5[nH]ccc5n34)(CC1)CC2)N1CCCC1. The van der Waals surface area contributed by atoms with Crippen LogP contribution in [0, 0.1) is 0 Å². The molecule has 10 heteroatoms. The van der Waals surface area contributed by atoms with Crippen LogP contribution in [0.2, 0.25) is 0 Å². The molecule has 0 aromatic carbocycles. The van der Waals surface area contributed by atoms with Crippen molar-refractivity contribution in [2.45, 2.75) is 62.3 Å². The highest BCUT2D eigenvalue weighted by Gasteiger charge is 2.53. The van der Waals surface area contributed by atoms with Crippen molar-refractivity contribution < 1.29 is 8.42 Å². The highest BCUT2D eigenvalue weighted by atomic mass is 32.2. The summed E-state index contributed by atoms with van der Waals surface area (Å²) in [5.41, 5.74) is 2.22. The number of hydrogen-bond acceptors (Lipinski definition) is 5. The summed E-state index contributed by atoms with van der Waals surface area (Å²) in [5, 5.41) is 8.97. The van der Waals surface area contributed by atoms with Crippen LogP contribution in [-0.4, -0.2) is 55.9 Å². The van der Waals surface area contributed by atoms with Crippen molar-refractivity contribution in [1.82, 2.24) is 33.6 Å². The predicted octanol–water partition coefficient (Wildman–Crippen LogP) is 1.88. The van der Waals surface area contributed by atoms with Gasteiger partial charge in [0.2, 0.25) is 0 Å². The summed E-state index contributed by atoms with van der Waals surface area (Å²) >= 11 is 0. The molecule has 3 saturated carbocycles. The zero-order valence-electron chi connectivity index (χ0n) is 16.3. The molecule has 4 heterocycles. The van der Waals surface area contributed by atoms with Crippen LogP contribution >= 0.6 is 0 Å². The monoisotopic (exact) mass is 415 g/mol. The van der Waals surface area contributed by atoms with Crippen molar-refractivity contribution in [2.24, 2.45) is 0 Å². The number of hydrogen-bond donors (Lipinski definition) is 2. The Morgan fingerprint density at radius 1 is 1.03 bits per heavy atom. The first-order valence-corrected chi connectivity index (χ1v) is 11.9. The van der Waals surface area contributed by atoms with E-state index in [0.29, 0.717) is 13.1 Å². The van der Waals surface area contributed by atoms with Gasteiger partial charge in [-0.3, -0.25) is 4.40 Å². The quantitative estimate of drug-likeness (QED) is 0.676. The molecule has 3 aliphatic carbocycles. The molecule has 0 radical (unpaired) electrons. The summed E-state index contributed by atoms with van der Waals surface area (Å²) in [4.78, 5) is 7.58. The maximum atomic E-state index is 12.9. The Kier molecular flexibility index (Phi) is 3.67. The lowest BCUT2D eigenvalue weighted by Gasteiger charge is -2.52. The van der Waals surface area contributed by atoms with Gasteiger partial charge < -0.3 is 4.98 Å². The molecule has 7 rings (SSSR count). The number of aromatic nitrogens is 5. The highest BCUT2D eigenvalue weighted by Crippen LogP contribution is 2.53. The Morgan fingerprint density at radius 2 is 1.76 bits per heavy atom. The van der Waals surface area contributed by atoms with E-state index < -0.39 is 10.2 Å². The second kappa shape index (κ2) is 5.99. The molecule has 0 atom stereocenters. The fraction of sp³-hybridized carbons (Fsp3) is 0.632. The van der Waals surface area contributed by atoms with Gasteiger partial charge in [-0.15, -0.1) is 10.2 Å². The Balaban J connectivity index is 1.31. The highest BCUT2D eigenvalue weighted by molar-refractivity contribution is 7.87. The van der Waals surface area contributed by atoms with Crippen LogP contribution in [0.4, 0.5) is 0 Å². The molecule has 3 aromatic rings. The summed E-state index contributed by atoms with van der Waals surface area (Å²) in [6, 6.07) is 2.01. The number of nitrogens with zero attached hydrogens (tertiary/aromatic N) is 5. The van der Waals surface area contributed by atoms with Gasteiger partial charge in [0, 0.05) is 30.2 Å². The van der Waals surface area contributed by atoms with Crippen LogP contribution in [0.15, 0.2) is 18.5 Å². The molecule has 4 fully saturated rings. The van der Waals surface area contributed by atoms with Gasteiger partial charge in [0.15, 0.2) is 11.3 Å². The third-order valence-corrected chi connectivity index (χ3v) is 9.15. The molecular weight excluding hydrogens is 390 g/mol. The standard InChI is InChI=1S/C19H25N7O2S/c27-29(28,25-11-1-2-12-25)24-19-7-4-18(5-8-19,6-9-19)17-23-22-15-13-21-16-14(26(15)17)3-10-20-16/h3,10,13,20,24H,1-2,4-9,11-12H2. The maximum absolute atomic E-state index is 12.9. The maximum Gasteiger partial charge on any atom is 0.279 e. The first kappa shape index (κ1) is 17.8. The van der Waals surface area contributed by atoms with Crippen LogP contribution < -0.4 is 4.72 Å². The number of aromatic amines is 1. The van der Waals surface area contributed by atoms with Crippen LogP contribution in [0.1, 0.15) is 57.2 Å². The van der Waals surface area contributed by atoms with Crippen molar-refractivity contribution in [1.29, 1.82) is 0 Å². The van der Waals surface area contributed by atoms with Gasteiger partial charge in [-0.25, -0.2) is 4.98 Å². The zero-order valence-corrected chi connectivity index (χ0v) is 17.1. The molecule has 2 N–H and O–H groups in total. The van der Waals surface area contributed by atoms with E-state index in [1.807, 2.05) is 12.3 Å². The third-order valence-electron chi connectivity index (χ3n) is 7.41. The summed E-state index contributed by atoms with van der Waals surface area (Å²) in [6.07, 6.45) is 10.9. The minimum atomic E-state index is -3.40. The van der Waals surface area contributed by atoms with Crippen molar-refractivity contribution in [3.05, 3.63) is 24.3 Å². The Morgan fingerprint density at radius 3 is 2.48 bits per heavy atom. The summed E-state index contributed by atoms with van der Waals surface area (Å²) in [5.74, 6) is 0.996. The molecule has 4 aliphatic rings. The van der Waals surface area contributed by atoms with E-state index in [1.54, 1.807) is 10.5 Å². The second-order valence-corrected chi connectivity index (χ2v) is 10.6. The minimum absolute atomic E-state index is 0.0498. The number of rotatable bonds is 4. The third kappa shape index (κ3) is 2.58. The normalized spacial score (nSPS) is 30.6. The van der Waals surface area contributed by atoms with E-state index in [9.17, 15) is 8.42 Å². The van der Waals surface area contributed by atoms with Gasteiger partial charge in [0.25, 0.3) is 10.2 Å². The molecule has 0 amide bonds. The zero-order chi connectivity index (χ0) is 19.7. The molecule has 154 valence electrons. The van der Waals surface area contributed by atoms with Gasteiger partial charge in [0.05, 0.1) is 11.7 Å². The van der Waals surface area contributed by atoms with Crippen molar-refractivity contribution in [3.63, 3.8) is 0 Å². The van der Waals surface area contributed by atoms with E-state index in [0.717, 1.165) is 74.0 Å². The Bertz CT molecular complexity index is 1170. The lowest BCUT2D eigenvalue weighted by Crippen LogP contribution is -2.60. The number of H-pyrrole nitrogens is 1.